The lowest BCUT2D eigenvalue weighted by atomic mass is 9.89. The van der Waals surface area contributed by atoms with Crippen molar-refractivity contribution >= 4 is 27.7 Å². The van der Waals surface area contributed by atoms with Gasteiger partial charge in [0.15, 0.2) is 0 Å². The van der Waals surface area contributed by atoms with Gasteiger partial charge in [0.05, 0.1) is 12.3 Å². The number of anilines is 1. The molecule has 1 aromatic carbocycles. The molecular weight excluding hydrogens is 310 g/mol. The van der Waals surface area contributed by atoms with Gasteiger partial charge in [-0.3, -0.25) is 5.32 Å². The third-order valence-electron chi connectivity index (χ3n) is 3.82. The van der Waals surface area contributed by atoms with E-state index in [-0.39, 0.29) is 0 Å². The molecule has 1 amide bonds. The van der Waals surface area contributed by atoms with E-state index >= 15 is 0 Å². The Kier molecular flexibility index (Phi) is 3.39. The highest BCUT2D eigenvalue weighted by atomic mass is 79.9. The van der Waals surface area contributed by atoms with Crippen molar-refractivity contribution in [1.82, 2.24) is 0 Å². The molecule has 1 saturated carbocycles. The molecule has 0 saturated heterocycles. The first-order valence-corrected chi connectivity index (χ1v) is 7.40. The van der Waals surface area contributed by atoms with Crippen LogP contribution in [-0.4, -0.2) is 17.8 Å². The number of fused-ring (bicyclic) bond motifs is 1. The van der Waals surface area contributed by atoms with Crippen LogP contribution in [0, 0.1) is 5.92 Å². The molecule has 0 bridgehead atoms. The van der Waals surface area contributed by atoms with Gasteiger partial charge in [-0.15, -0.1) is 0 Å². The summed E-state index contributed by atoms with van der Waals surface area (Å²) in [6.07, 6.45) is 3.65. The molecular formula is C14H16BrNO3. The van der Waals surface area contributed by atoms with Crippen molar-refractivity contribution in [3.05, 3.63) is 22.2 Å². The molecule has 3 rings (SSSR count). The lowest BCUT2D eigenvalue weighted by Gasteiger charge is -2.19. The molecule has 1 atom stereocenters. The SMILES string of the molecule is O=C(O)Nc1cc(Br)cc2c1OCCCC2C1CC1. The van der Waals surface area contributed by atoms with Crippen molar-refractivity contribution in [3.8, 4) is 5.75 Å². The van der Waals surface area contributed by atoms with Crippen molar-refractivity contribution in [2.45, 2.75) is 31.6 Å². The minimum Gasteiger partial charge on any atom is -0.491 e. The van der Waals surface area contributed by atoms with Gasteiger partial charge in [-0.2, -0.15) is 0 Å². The summed E-state index contributed by atoms with van der Waals surface area (Å²) in [6, 6.07) is 3.85. The molecule has 1 unspecified atom stereocenters. The topological polar surface area (TPSA) is 58.6 Å². The highest BCUT2D eigenvalue weighted by Crippen LogP contribution is 2.51. The molecule has 19 heavy (non-hydrogen) atoms. The first kappa shape index (κ1) is 12.8. The maximum Gasteiger partial charge on any atom is 0.409 e. The van der Waals surface area contributed by atoms with Crippen LogP contribution in [0.25, 0.3) is 0 Å². The zero-order valence-electron chi connectivity index (χ0n) is 10.5. The average Bonchev–Trinajstić information content (AvgIpc) is 3.12. The van der Waals surface area contributed by atoms with E-state index in [9.17, 15) is 4.79 Å². The first-order valence-electron chi connectivity index (χ1n) is 6.61. The highest BCUT2D eigenvalue weighted by molar-refractivity contribution is 9.10. The lowest BCUT2D eigenvalue weighted by molar-refractivity contribution is 0.209. The van der Waals surface area contributed by atoms with E-state index in [4.69, 9.17) is 9.84 Å². The normalized spacial score (nSPS) is 22.1. The summed E-state index contributed by atoms with van der Waals surface area (Å²) in [5.74, 6) is 1.97. The fourth-order valence-corrected chi connectivity index (χ4v) is 3.36. The van der Waals surface area contributed by atoms with Gasteiger partial charge in [-0.1, -0.05) is 15.9 Å². The summed E-state index contributed by atoms with van der Waals surface area (Å²) < 4.78 is 6.69. The van der Waals surface area contributed by atoms with Crippen LogP contribution in [0.3, 0.4) is 0 Å². The Labute approximate surface area is 120 Å². The van der Waals surface area contributed by atoms with Gasteiger partial charge in [0.1, 0.15) is 5.75 Å². The number of amides is 1. The Morgan fingerprint density at radius 3 is 2.84 bits per heavy atom. The van der Waals surface area contributed by atoms with Gasteiger partial charge in [0, 0.05) is 10.0 Å². The summed E-state index contributed by atoms with van der Waals surface area (Å²) in [4.78, 5) is 10.9. The summed E-state index contributed by atoms with van der Waals surface area (Å²) in [7, 11) is 0. The summed E-state index contributed by atoms with van der Waals surface area (Å²) in [5, 5.41) is 11.4. The third-order valence-corrected chi connectivity index (χ3v) is 4.28. The molecule has 5 heteroatoms. The number of nitrogens with one attached hydrogen (secondary N) is 1. The van der Waals surface area contributed by atoms with Crippen LogP contribution in [-0.2, 0) is 0 Å². The number of hydrogen-bond donors (Lipinski definition) is 2. The second-order valence-electron chi connectivity index (χ2n) is 5.24. The predicted octanol–water partition coefficient (Wildman–Crippen LogP) is 4.21. The molecule has 0 radical (unpaired) electrons. The molecule has 1 aliphatic carbocycles. The third kappa shape index (κ3) is 2.71. The Balaban J connectivity index is 2.05. The largest absolute Gasteiger partial charge is 0.491 e. The van der Waals surface area contributed by atoms with E-state index in [1.807, 2.05) is 0 Å². The minimum atomic E-state index is -1.06. The van der Waals surface area contributed by atoms with Gasteiger partial charge in [-0.05, 0) is 49.7 Å². The van der Waals surface area contributed by atoms with Gasteiger partial charge in [-0.25, -0.2) is 4.79 Å². The molecule has 102 valence electrons. The van der Waals surface area contributed by atoms with Crippen molar-refractivity contribution in [1.29, 1.82) is 0 Å². The number of carbonyl (C=O) groups is 1. The van der Waals surface area contributed by atoms with Crippen LogP contribution in [0.15, 0.2) is 16.6 Å². The van der Waals surface area contributed by atoms with E-state index in [2.05, 4.69) is 27.3 Å². The van der Waals surface area contributed by atoms with Crippen LogP contribution in [0.1, 0.15) is 37.2 Å². The van der Waals surface area contributed by atoms with Crippen LogP contribution >= 0.6 is 15.9 Å². The van der Waals surface area contributed by atoms with E-state index in [0.717, 1.165) is 34.5 Å². The highest BCUT2D eigenvalue weighted by Gasteiger charge is 2.35. The zero-order chi connectivity index (χ0) is 13.4. The Morgan fingerprint density at radius 1 is 1.37 bits per heavy atom. The van der Waals surface area contributed by atoms with Gasteiger partial charge in [0.25, 0.3) is 0 Å². The quantitative estimate of drug-likeness (QED) is 0.856. The van der Waals surface area contributed by atoms with E-state index in [1.54, 1.807) is 6.07 Å². The maximum absolute atomic E-state index is 10.9. The van der Waals surface area contributed by atoms with Crippen molar-refractivity contribution in [2.75, 3.05) is 11.9 Å². The second kappa shape index (κ2) is 5.04. The Bertz CT molecular complexity index is 514. The molecule has 4 nitrogen and oxygen atoms in total. The number of halogens is 1. The molecule has 0 spiro atoms. The molecule has 1 aromatic rings. The Hall–Kier alpha value is -1.23. The molecule has 1 aliphatic heterocycles. The van der Waals surface area contributed by atoms with E-state index in [1.165, 1.54) is 12.8 Å². The fourth-order valence-electron chi connectivity index (χ4n) is 2.88. The second-order valence-corrected chi connectivity index (χ2v) is 6.15. The van der Waals surface area contributed by atoms with Crippen LogP contribution in [0.2, 0.25) is 0 Å². The van der Waals surface area contributed by atoms with Crippen LogP contribution < -0.4 is 10.1 Å². The van der Waals surface area contributed by atoms with Gasteiger partial charge < -0.3 is 9.84 Å². The molecule has 1 heterocycles. The number of hydrogen-bond acceptors (Lipinski definition) is 2. The first-order chi connectivity index (χ1) is 9.15. The van der Waals surface area contributed by atoms with Crippen LogP contribution in [0.5, 0.6) is 5.75 Å². The predicted molar refractivity (Wildman–Crippen MR) is 76.0 cm³/mol. The van der Waals surface area contributed by atoms with Crippen molar-refractivity contribution < 1.29 is 14.6 Å². The lowest BCUT2D eigenvalue weighted by Crippen LogP contribution is -2.10. The summed E-state index contributed by atoms with van der Waals surface area (Å²) in [6.45, 7) is 0.659. The fraction of sp³-hybridized carbons (Fsp3) is 0.500. The van der Waals surface area contributed by atoms with Crippen molar-refractivity contribution in [3.63, 3.8) is 0 Å². The smallest absolute Gasteiger partial charge is 0.409 e. The van der Waals surface area contributed by atoms with E-state index in [0.29, 0.717) is 18.2 Å². The molecule has 0 aromatic heterocycles. The standard InChI is InChI=1S/C14H16BrNO3/c15-9-6-11-10(8-3-4-8)2-1-5-19-13(11)12(7-9)16-14(17)18/h6-8,10,16H,1-5H2,(H,17,18). The molecule has 1 fully saturated rings. The van der Waals surface area contributed by atoms with Crippen molar-refractivity contribution in [2.24, 2.45) is 5.92 Å². The summed E-state index contributed by atoms with van der Waals surface area (Å²) in [5.41, 5.74) is 1.70. The molecule has 2 aliphatic rings. The maximum atomic E-state index is 10.9. The minimum absolute atomic E-state index is 0.504. The number of rotatable bonds is 2. The van der Waals surface area contributed by atoms with Crippen LogP contribution in [0.4, 0.5) is 10.5 Å². The molecule has 2 N–H and O–H groups in total. The number of carboxylic acid groups (broad SMARTS) is 1. The number of benzene rings is 1. The van der Waals surface area contributed by atoms with Gasteiger partial charge in [0.2, 0.25) is 0 Å². The number of ether oxygens (including phenoxy) is 1. The van der Waals surface area contributed by atoms with E-state index < -0.39 is 6.09 Å². The Morgan fingerprint density at radius 2 is 2.16 bits per heavy atom. The average molecular weight is 326 g/mol. The summed E-state index contributed by atoms with van der Waals surface area (Å²) >= 11 is 3.47. The monoisotopic (exact) mass is 325 g/mol. The van der Waals surface area contributed by atoms with Gasteiger partial charge >= 0.3 is 6.09 Å². The zero-order valence-corrected chi connectivity index (χ0v) is 12.1.